The van der Waals surface area contributed by atoms with Crippen LogP contribution in [0.2, 0.25) is 0 Å². The second-order valence-corrected chi connectivity index (χ2v) is 6.38. The van der Waals surface area contributed by atoms with Crippen molar-refractivity contribution >= 4 is 0 Å². The molecule has 0 aliphatic rings. The number of pyridine rings is 3. The maximum Gasteiger partial charge on any atom is 0.258 e. The lowest BCUT2D eigenvalue weighted by Gasteiger charge is -2.17. The molecule has 0 aliphatic carbocycles. The molecule has 0 aliphatic heterocycles. The fourth-order valence-corrected chi connectivity index (χ4v) is 3.33. The molecule has 5 nitrogen and oxygen atoms in total. The summed E-state index contributed by atoms with van der Waals surface area (Å²) in [4.78, 5) is 21.3. The zero-order valence-corrected chi connectivity index (χ0v) is 15.7. The summed E-state index contributed by atoms with van der Waals surface area (Å²) in [6.45, 7) is 0. The van der Waals surface area contributed by atoms with Crippen molar-refractivity contribution in [2.24, 2.45) is 7.05 Å². The number of ether oxygens (including phenoxy) is 1. The number of hydrogen-bond acceptors (Lipinski definition) is 4. The van der Waals surface area contributed by atoms with Crippen LogP contribution in [-0.2, 0) is 7.05 Å². The van der Waals surface area contributed by atoms with Crippen molar-refractivity contribution in [1.82, 2.24) is 14.5 Å². The molecule has 0 unspecified atom stereocenters. The van der Waals surface area contributed by atoms with Crippen molar-refractivity contribution in [1.29, 1.82) is 0 Å². The van der Waals surface area contributed by atoms with Gasteiger partial charge in [-0.25, -0.2) is 0 Å². The van der Waals surface area contributed by atoms with Crippen LogP contribution < -0.4 is 10.3 Å². The molecular formula is C23H19N3O2. The van der Waals surface area contributed by atoms with Crippen LogP contribution in [0, 0.1) is 0 Å². The summed E-state index contributed by atoms with van der Waals surface area (Å²) in [5.41, 5.74) is 5.15. The molecule has 3 heterocycles. The van der Waals surface area contributed by atoms with Gasteiger partial charge in [0.05, 0.1) is 12.8 Å². The minimum atomic E-state index is -0.0599. The largest absolute Gasteiger partial charge is 0.497 e. The van der Waals surface area contributed by atoms with Crippen LogP contribution in [0.5, 0.6) is 5.75 Å². The normalized spacial score (nSPS) is 10.6. The Morgan fingerprint density at radius 1 is 0.750 bits per heavy atom. The highest BCUT2D eigenvalue weighted by molar-refractivity contribution is 5.84. The lowest BCUT2D eigenvalue weighted by Crippen LogP contribution is -2.21. The molecule has 1 aromatic carbocycles. The van der Waals surface area contributed by atoms with E-state index in [-0.39, 0.29) is 5.56 Å². The summed E-state index contributed by atoms with van der Waals surface area (Å²) in [6, 6.07) is 17.3. The molecule has 28 heavy (non-hydrogen) atoms. The molecule has 4 aromatic rings. The Morgan fingerprint density at radius 3 is 1.86 bits per heavy atom. The molecule has 0 spiro atoms. The Kier molecular flexibility index (Phi) is 4.72. The first-order valence-corrected chi connectivity index (χ1v) is 8.88. The van der Waals surface area contributed by atoms with Crippen LogP contribution in [-0.4, -0.2) is 21.6 Å². The Labute approximate surface area is 162 Å². The summed E-state index contributed by atoms with van der Waals surface area (Å²) in [5, 5.41) is 0. The maximum atomic E-state index is 13.2. The predicted molar refractivity (Wildman–Crippen MR) is 110 cm³/mol. The third-order valence-corrected chi connectivity index (χ3v) is 4.76. The molecule has 0 amide bonds. The zero-order chi connectivity index (χ0) is 19.5. The van der Waals surface area contributed by atoms with Crippen molar-refractivity contribution < 1.29 is 4.74 Å². The second kappa shape index (κ2) is 7.48. The number of nitrogens with zero attached hydrogens (tertiary/aromatic N) is 3. The van der Waals surface area contributed by atoms with Crippen molar-refractivity contribution in [2.45, 2.75) is 0 Å². The van der Waals surface area contributed by atoms with Crippen molar-refractivity contribution in [3.8, 4) is 39.3 Å². The van der Waals surface area contributed by atoms with E-state index >= 15 is 0 Å². The fourth-order valence-electron chi connectivity index (χ4n) is 3.33. The van der Waals surface area contributed by atoms with Crippen molar-refractivity contribution in [3.05, 3.63) is 89.7 Å². The first kappa shape index (κ1) is 17.7. The number of methoxy groups -OCH3 is 1. The second-order valence-electron chi connectivity index (χ2n) is 6.38. The fraction of sp³-hybridized carbons (Fsp3) is 0.0870. The third-order valence-electron chi connectivity index (χ3n) is 4.76. The van der Waals surface area contributed by atoms with Crippen LogP contribution >= 0.6 is 0 Å². The van der Waals surface area contributed by atoms with Crippen molar-refractivity contribution in [3.63, 3.8) is 0 Å². The summed E-state index contributed by atoms with van der Waals surface area (Å²) in [6.07, 6.45) is 6.85. The molecule has 0 atom stereocenters. The predicted octanol–water partition coefficient (Wildman–Crippen LogP) is 4.18. The van der Waals surface area contributed by atoms with Gasteiger partial charge in [0.25, 0.3) is 5.56 Å². The van der Waals surface area contributed by atoms with E-state index in [1.165, 1.54) is 0 Å². The van der Waals surface area contributed by atoms with E-state index in [4.69, 9.17) is 4.74 Å². The molecule has 3 aromatic heterocycles. The average molecular weight is 369 g/mol. The van der Waals surface area contributed by atoms with Gasteiger partial charge in [0, 0.05) is 48.5 Å². The van der Waals surface area contributed by atoms with E-state index in [1.54, 1.807) is 43.5 Å². The number of benzene rings is 1. The molecule has 0 fully saturated rings. The summed E-state index contributed by atoms with van der Waals surface area (Å²) < 4.78 is 6.98. The standard InChI is InChI=1S/C23H19N3O2/c1-26-22(18-9-13-25-14-10-18)20(16-3-5-19(28-2)6-4-16)15-21(23(26)27)17-7-11-24-12-8-17/h3-15H,1-2H3. The highest BCUT2D eigenvalue weighted by Crippen LogP contribution is 2.34. The minimum absolute atomic E-state index is 0.0599. The monoisotopic (exact) mass is 369 g/mol. The molecule has 0 N–H and O–H groups in total. The lowest BCUT2D eigenvalue weighted by atomic mass is 9.96. The van der Waals surface area contributed by atoms with E-state index in [0.29, 0.717) is 5.56 Å². The van der Waals surface area contributed by atoms with Crippen LogP contribution in [0.25, 0.3) is 33.5 Å². The highest BCUT2D eigenvalue weighted by Gasteiger charge is 2.17. The molecular weight excluding hydrogens is 350 g/mol. The smallest absolute Gasteiger partial charge is 0.258 e. The minimum Gasteiger partial charge on any atom is -0.497 e. The number of hydrogen-bond donors (Lipinski definition) is 0. The Bertz CT molecular complexity index is 1150. The molecule has 0 saturated carbocycles. The van der Waals surface area contributed by atoms with Gasteiger partial charge in [0.2, 0.25) is 0 Å². The molecule has 0 radical (unpaired) electrons. The van der Waals surface area contributed by atoms with Crippen LogP contribution in [0.4, 0.5) is 0 Å². The van der Waals surface area contributed by atoms with Gasteiger partial charge in [-0.2, -0.15) is 0 Å². The molecule has 5 heteroatoms. The maximum absolute atomic E-state index is 13.2. The Hall–Kier alpha value is -3.73. The molecule has 4 rings (SSSR count). The Morgan fingerprint density at radius 2 is 1.29 bits per heavy atom. The van der Waals surface area contributed by atoms with E-state index in [0.717, 1.165) is 33.7 Å². The number of aromatic nitrogens is 3. The summed E-state index contributed by atoms with van der Waals surface area (Å²) in [5.74, 6) is 0.786. The van der Waals surface area contributed by atoms with E-state index in [9.17, 15) is 4.79 Å². The van der Waals surface area contributed by atoms with Gasteiger partial charge in [-0.3, -0.25) is 14.8 Å². The van der Waals surface area contributed by atoms with E-state index in [2.05, 4.69) is 9.97 Å². The lowest BCUT2D eigenvalue weighted by molar-refractivity contribution is 0.415. The van der Waals surface area contributed by atoms with Gasteiger partial charge >= 0.3 is 0 Å². The Balaban J connectivity index is 2.02. The van der Waals surface area contributed by atoms with Gasteiger partial charge in [-0.1, -0.05) is 12.1 Å². The van der Waals surface area contributed by atoms with Gasteiger partial charge in [0.15, 0.2) is 0 Å². The summed E-state index contributed by atoms with van der Waals surface area (Å²) >= 11 is 0. The molecule has 0 saturated heterocycles. The zero-order valence-electron chi connectivity index (χ0n) is 15.7. The van der Waals surface area contributed by atoms with Gasteiger partial charge in [-0.05, 0) is 53.6 Å². The first-order valence-electron chi connectivity index (χ1n) is 8.88. The van der Waals surface area contributed by atoms with E-state index in [1.807, 2.05) is 54.6 Å². The quantitative estimate of drug-likeness (QED) is 0.541. The number of rotatable bonds is 4. The van der Waals surface area contributed by atoms with E-state index < -0.39 is 0 Å². The average Bonchev–Trinajstić information content (AvgIpc) is 2.77. The molecule has 0 bridgehead atoms. The van der Waals surface area contributed by atoms with Gasteiger partial charge in [0.1, 0.15) is 5.75 Å². The molecule has 138 valence electrons. The van der Waals surface area contributed by atoms with Crippen molar-refractivity contribution in [2.75, 3.05) is 7.11 Å². The summed E-state index contributed by atoms with van der Waals surface area (Å²) in [7, 11) is 3.45. The van der Waals surface area contributed by atoms with Crippen LogP contribution in [0.3, 0.4) is 0 Å². The van der Waals surface area contributed by atoms with Crippen LogP contribution in [0.1, 0.15) is 0 Å². The van der Waals surface area contributed by atoms with Crippen LogP contribution in [0.15, 0.2) is 84.2 Å². The van der Waals surface area contributed by atoms with Gasteiger partial charge < -0.3 is 9.30 Å². The SMILES string of the molecule is COc1ccc(-c2cc(-c3ccncc3)c(=O)n(C)c2-c2ccncc2)cc1. The highest BCUT2D eigenvalue weighted by atomic mass is 16.5. The third kappa shape index (κ3) is 3.18. The topological polar surface area (TPSA) is 57.0 Å². The van der Waals surface area contributed by atoms with Gasteiger partial charge in [-0.15, -0.1) is 0 Å². The first-order chi connectivity index (χ1) is 13.7.